The van der Waals surface area contributed by atoms with E-state index in [4.69, 9.17) is 0 Å². The second kappa shape index (κ2) is 13.5. The molecule has 0 radical (unpaired) electrons. The highest BCUT2D eigenvalue weighted by Gasteiger charge is 2.26. The number of quaternary nitrogens is 2. The van der Waals surface area contributed by atoms with E-state index in [1.54, 1.807) is 0 Å². The van der Waals surface area contributed by atoms with Crippen molar-refractivity contribution in [1.82, 2.24) is 0 Å². The Hall–Kier alpha value is -2.99. The highest BCUT2D eigenvalue weighted by Crippen LogP contribution is 2.28. The predicted octanol–water partition coefficient (Wildman–Crippen LogP) is 0.392. The van der Waals surface area contributed by atoms with Gasteiger partial charge in [-0.05, 0) is 24.3 Å². The van der Waals surface area contributed by atoms with Gasteiger partial charge in [0.05, 0.1) is 28.2 Å². The van der Waals surface area contributed by atoms with Gasteiger partial charge in [0, 0.05) is 0 Å². The molecule has 2 N–H and O–H groups in total. The lowest BCUT2D eigenvalue weighted by Crippen LogP contribution is -3.00. The van der Waals surface area contributed by atoms with Crippen molar-refractivity contribution in [1.29, 1.82) is 0 Å². The second-order valence-corrected chi connectivity index (χ2v) is 7.04. The summed E-state index contributed by atoms with van der Waals surface area (Å²) in [6.07, 6.45) is 0. The zero-order chi connectivity index (χ0) is 25.1. The molecule has 0 bridgehead atoms. The molecule has 0 heterocycles. The lowest BCUT2D eigenvalue weighted by Gasteiger charge is -2.27. The molecule has 11 heteroatoms. The SMILES string of the molecule is C[NH+](C)c1ccccc1.C[NH+](C)c1ccccc1.[O-]B([O-])Oc1c(F)c(F)c(F)c(F)c1F. The summed E-state index contributed by atoms with van der Waals surface area (Å²) >= 11 is 0. The third-order valence-corrected chi connectivity index (χ3v) is 4.09. The van der Waals surface area contributed by atoms with Crippen molar-refractivity contribution in [3.63, 3.8) is 0 Å². The molecule has 0 spiro atoms. The van der Waals surface area contributed by atoms with E-state index in [9.17, 15) is 32.0 Å². The molecular weight excluding hydrogens is 446 g/mol. The summed E-state index contributed by atoms with van der Waals surface area (Å²) in [7, 11) is 5.29. The molecule has 3 aromatic carbocycles. The van der Waals surface area contributed by atoms with Gasteiger partial charge in [-0.3, -0.25) is 0 Å². The maximum Gasteiger partial charge on any atom is 0.205 e. The zero-order valence-corrected chi connectivity index (χ0v) is 18.5. The molecule has 0 fully saturated rings. The molecule has 178 valence electrons. The maximum atomic E-state index is 12.6. The average molecular weight is 470 g/mol. The van der Waals surface area contributed by atoms with Gasteiger partial charge in [0.25, 0.3) is 0 Å². The molecule has 33 heavy (non-hydrogen) atoms. The summed E-state index contributed by atoms with van der Waals surface area (Å²) < 4.78 is 65.9. The summed E-state index contributed by atoms with van der Waals surface area (Å²) in [6.45, 7) is 0. The standard InChI is InChI=1S/2C8H11N.C6BF5O3/c2*1-9(2)8-6-4-3-5-7-8;8-1-2(9)4(11)6(15-7(13)14)5(12)3(1)10/h2*3-7H,1-2H3;/q;;-2/p+2. The van der Waals surface area contributed by atoms with Crippen molar-refractivity contribution in [3.05, 3.63) is 89.7 Å². The zero-order valence-electron chi connectivity index (χ0n) is 18.5. The number of hydrogen-bond acceptors (Lipinski definition) is 3. The van der Waals surface area contributed by atoms with Crippen LogP contribution in [0.2, 0.25) is 0 Å². The van der Waals surface area contributed by atoms with Crippen molar-refractivity contribution in [2.24, 2.45) is 0 Å². The van der Waals surface area contributed by atoms with E-state index in [1.807, 2.05) is 12.1 Å². The molecule has 0 aliphatic heterocycles. The number of rotatable bonds is 4. The minimum Gasteiger partial charge on any atom is -0.860 e. The highest BCUT2D eigenvalue weighted by molar-refractivity contribution is 6.29. The normalized spacial score (nSPS) is 10.2. The summed E-state index contributed by atoms with van der Waals surface area (Å²) in [5, 5.41) is 19.7. The smallest absolute Gasteiger partial charge is 0.205 e. The molecule has 0 aliphatic carbocycles. The van der Waals surface area contributed by atoms with Crippen molar-refractivity contribution >= 4 is 18.7 Å². The van der Waals surface area contributed by atoms with E-state index in [-0.39, 0.29) is 0 Å². The third-order valence-electron chi connectivity index (χ3n) is 4.09. The van der Waals surface area contributed by atoms with Gasteiger partial charge in [0.1, 0.15) is 18.7 Å². The molecule has 0 aliphatic rings. The Morgan fingerprint density at radius 2 is 0.879 bits per heavy atom. The predicted molar refractivity (Wildman–Crippen MR) is 110 cm³/mol. The van der Waals surface area contributed by atoms with Crippen LogP contribution in [0, 0.1) is 29.1 Å². The van der Waals surface area contributed by atoms with Gasteiger partial charge in [0.2, 0.25) is 29.1 Å². The molecule has 3 aromatic rings. The van der Waals surface area contributed by atoms with E-state index in [0.29, 0.717) is 0 Å². The van der Waals surface area contributed by atoms with Crippen LogP contribution in [0.4, 0.5) is 33.3 Å². The fourth-order valence-electron chi connectivity index (χ4n) is 2.33. The van der Waals surface area contributed by atoms with Crippen LogP contribution >= 0.6 is 0 Å². The number of para-hydroxylation sites is 2. The first-order chi connectivity index (χ1) is 15.5. The fourth-order valence-corrected chi connectivity index (χ4v) is 2.33. The minimum atomic E-state index is -3.20. The van der Waals surface area contributed by atoms with Crippen LogP contribution in [0.1, 0.15) is 0 Å². The quantitative estimate of drug-likeness (QED) is 0.251. The first kappa shape index (κ1) is 28.0. The molecule has 3 rings (SSSR count). The molecule has 0 atom stereocenters. The van der Waals surface area contributed by atoms with E-state index in [2.05, 4.69) is 81.4 Å². The van der Waals surface area contributed by atoms with Crippen molar-refractivity contribution in [2.45, 2.75) is 0 Å². The Morgan fingerprint density at radius 3 is 1.12 bits per heavy atom. The van der Waals surface area contributed by atoms with Crippen LogP contribution in [0.5, 0.6) is 5.75 Å². The van der Waals surface area contributed by atoms with Gasteiger partial charge in [-0.1, -0.05) is 36.4 Å². The third kappa shape index (κ3) is 8.81. The van der Waals surface area contributed by atoms with Crippen LogP contribution in [0.25, 0.3) is 0 Å². The van der Waals surface area contributed by atoms with E-state index >= 15 is 0 Å². The molecular formula is C22H24BF5N2O3. The first-order valence-corrected chi connectivity index (χ1v) is 9.68. The van der Waals surface area contributed by atoms with E-state index in [1.165, 1.54) is 21.2 Å². The summed E-state index contributed by atoms with van der Waals surface area (Å²) in [4.78, 5) is 2.74. The van der Waals surface area contributed by atoms with Crippen LogP contribution in [0.3, 0.4) is 0 Å². The van der Waals surface area contributed by atoms with Crippen LogP contribution in [-0.2, 0) is 0 Å². The number of hydrogen-bond donors (Lipinski definition) is 2. The maximum absolute atomic E-state index is 12.6. The first-order valence-electron chi connectivity index (χ1n) is 9.68. The topological polar surface area (TPSA) is 64.2 Å². The molecule has 0 amide bonds. The van der Waals surface area contributed by atoms with Crippen molar-refractivity contribution in [2.75, 3.05) is 28.2 Å². The minimum absolute atomic E-state index is 1.33. The lowest BCUT2D eigenvalue weighted by atomic mass is 10.2. The van der Waals surface area contributed by atoms with Gasteiger partial charge < -0.3 is 24.5 Å². The average Bonchev–Trinajstić information content (AvgIpc) is 2.81. The van der Waals surface area contributed by atoms with Gasteiger partial charge in [0.15, 0.2) is 5.75 Å². The summed E-state index contributed by atoms with van der Waals surface area (Å²) in [5.41, 5.74) is 2.66. The Bertz CT molecular complexity index is 922. The molecule has 5 nitrogen and oxygen atoms in total. The van der Waals surface area contributed by atoms with Gasteiger partial charge in [-0.25, -0.2) is 13.2 Å². The van der Waals surface area contributed by atoms with Gasteiger partial charge in [-0.2, -0.15) is 8.78 Å². The van der Waals surface area contributed by atoms with Crippen LogP contribution in [-0.4, -0.2) is 35.5 Å². The fraction of sp³-hybridized carbons (Fsp3) is 0.182. The van der Waals surface area contributed by atoms with Crippen molar-refractivity contribution < 1.29 is 46.5 Å². The van der Waals surface area contributed by atoms with Crippen LogP contribution in [0.15, 0.2) is 60.7 Å². The number of benzene rings is 3. The van der Waals surface area contributed by atoms with E-state index < -0.39 is 42.2 Å². The van der Waals surface area contributed by atoms with Crippen molar-refractivity contribution in [3.8, 4) is 5.75 Å². The summed E-state index contributed by atoms with van der Waals surface area (Å²) in [6, 6.07) is 20.8. The molecule has 0 saturated heterocycles. The molecule has 0 aromatic heterocycles. The highest BCUT2D eigenvalue weighted by atomic mass is 19.2. The van der Waals surface area contributed by atoms with Gasteiger partial charge in [-0.15, -0.1) is 0 Å². The number of halogens is 5. The van der Waals surface area contributed by atoms with E-state index in [0.717, 1.165) is 0 Å². The van der Waals surface area contributed by atoms with Gasteiger partial charge >= 0.3 is 0 Å². The largest absolute Gasteiger partial charge is 0.860 e. The lowest BCUT2D eigenvalue weighted by molar-refractivity contribution is -0.786. The Balaban J connectivity index is 0.000000261. The monoisotopic (exact) mass is 470 g/mol. The second-order valence-electron chi connectivity index (χ2n) is 7.04. The Kier molecular flexibility index (Phi) is 11.5. The molecule has 0 saturated carbocycles. The summed E-state index contributed by atoms with van der Waals surface area (Å²) in [5.74, 6) is -13.6. The number of nitrogens with one attached hydrogen (secondary N) is 2. The molecule has 0 unspecified atom stereocenters. The van der Waals surface area contributed by atoms with Crippen LogP contribution < -0.4 is 24.5 Å². The Labute approximate surface area is 189 Å². The Morgan fingerprint density at radius 1 is 0.576 bits per heavy atom.